The van der Waals surface area contributed by atoms with Gasteiger partial charge in [-0.3, -0.25) is 0 Å². The molecule has 1 aromatic carbocycles. The average Bonchev–Trinajstić information content (AvgIpc) is 2.14. The van der Waals surface area contributed by atoms with Crippen LogP contribution in [-0.2, 0) is 0 Å². The van der Waals surface area contributed by atoms with Gasteiger partial charge in [-0.05, 0) is 6.07 Å². The van der Waals surface area contributed by atoms with E-state index in [1.165, 1.54) is 24.3 Å². The summed E-state index contributed by atoms with van der Waals surface area (Å²) < 4.78 is 39.7. The Balaban J connectivity index is 2.91. The Morgan fingerprint density at radius 2 is 1.93 bits per heavy atom. The number of ether oxygens (including phenoxy) is 1. The summed E-state index contributed by atoms with van der Waals surface area (Å²) in [5, 5.41) is 0. The van der Waals surface area contributed by atoms with Crippen LogP contribution in [0, 0.1) is 0 Å². The van der Waals surface area contributed by atoms with Gasteiger partial charge in [-0.1, -0.05) is 30.4 Å². The molecule has 0 N–H and O–H groups in total. The molecule has 0 unspecified atom stereocenters. The van der Waals surface area contributed by atoms with Crippen LogP contribution in [-0.4, -0.2) is 12.2 Å². The van der Waals surface area contributed by atoms with Crippen molar-refractivity contribution < 1.29 is 17.9 Å². The second kappa shape index (κ2) is 5.07. The van der Waals surface area contributed by atoms with Gasteiger partial charge < -0.3 is 4.74 Å². The number of para-hydroxylation sites is 1. The van der Waals surface area contributed by atoms with Crippen molar-refractivity contribution in [1.29, 1.82) is 0 Å². The molecule has 0 atom stereocenters. The third-order valence-corrected chi connectivity index (χ3v) is 1.71. The molecule has 0 aliphatic heterocycles. The van der Waals surface area contributed by atoms with Crippen molar-refractivity contribution in [3.05, 3.63) is 35.9 Å². The minimum absolute atomic E-state index is 0.230. The van der Waals surface area contributed by atoms with Gasteiger partial charge in [0.15, 0.2) is 0 Å². The van der Waals surface area contributed by atoms with Gasteiger partial charge in [0, 0.05) is 11.4 Å². The van der Waals surface area contributed by atoms with Crippen LogP contribution in [0.25, 0.3) is 6.08 Å². The molecule has 15 heavy (non-hydrogen) atoms. The molecule has 0 bridgehead atoms. The molecule has 0 saturated carbocycles. The van der Waals surface area contributed by atoms with Gasteiger partial charge in [0.1, 0.15) is 5.75 Å². The topological polar surface area (TPSA) is 9.23 Å². The summed E-state index contributed by atoms with van der Waals surface area (Å²) in [5.41, 5.74) is 0.343. The Morgan fingerprint density at radius 1 is 1.27 bits per heavy atom. The summed E-state index contributed by atoms with van der Waals surface area (Å²) in [6.45, 7) is 0. The molecule has 0 heterocycles. The van der Waals surface area contributed by atoms with Crippen LogP contribution in [0.4, 0.5) is 13.2 Å². The molecule has 1 aromatic rings. The Morgan fingerprint density at radius 3 is 2.53 bits per heavy atom. The van der Waals surface area contributed by atoms with E-state index >= 15 is 0 Å². The molecule has 0 radical (unpaired) electrons. The Kier molecular flexibility index (Phi) is 4.03. The van der Waals surface area contributed by atoms with Gasteiger partial charge in [-0.15, -0.1) is 24.8 Å². The lowest BCUT2D eigenvalue weighted by Crippen LogP contribution is -2.17. The smallest absolute Gasteiger partial charge is 0.405 e. The van der Waals surface area contributed by atoms with Gasteiger partial charge >= 0.3 is 6.36 Å². The normalized spacial score (nSPS) is 12.0. The molecule has 0 saturated heterocycles. The van der Waals surface area contributed by atoms with E-state index in [1.54, 1.807) is 12.1 Å². The maximum absolute atomic E-state index is 12.0. The summed E-state index contributed by atoms with van der Waals surface area (Å²) >= 11 is 5.39. The van der Waals surface area contributed by atoms with Gasteiger partial charge in [-0.25, -0.2) is 0 Å². The molecule has 0 aliphatic rings. The van der Waals surface area contributed by atoms with Crippen LogP contribution in [0.3, 0.4) is 0 Å². The second-order valence-corrected chi connectivity index (χ2v) is 2.95. The van der Waals surface area contributed by atoms with Crippen molar-refractivity contribution in [2.24, 2.45) is 0 Å². The summed E-state index contributed by atoms with van der Waals surface area (Å²) in [6.07, 6.45) is -1.65. The van der Waals surface area contributed by atoms with E-state index in [1.807, 2.05) is 0 Å². The lowest BCUT2D eigenvalue weighted by Gasteiger charge is -2.10. The van der Waals surface area contributed by atoms with Crippen LogP contribution < -0.4 is 4.74 Å². The van der Waals surface area contributed by atoms with E-state index < -0.39 is 6.36 Å². The number of halogens is 4. The zero-order chi connectivity index (χ0) is 11.3. The average molecular weight is 237 g/mol. The van der Waals surface area contributed by atoms with E-state index in [0.29, 0.717) is 5.56 Å². The fraction of sp³-hybridized carbons (Fsp3) is 0.200. The van der Waals surface area contributed by atoms with Crippen LogP contribution in [0.5, 0.6) is 5.75 Å². The first-order valence-electron chi connectivity index (χ1n) is 4.10. The van der Waals surface area contributed by atoms with Crippen molar-refractivity contribution in [2.75, 3.05) is 5.88 Å². The Hall–Kier alpha value is -1.16. The van der Waals surface area contributed by atoms with Crippen LogP contribution in [0.15, 0.2) is 30.3 Å². The van der Waals surface area contributed by atoms with Crippen LogP contribution >= 0.6 is 11.6 Å². The summed E-state index contributed by atoms with van der Waals surface area (Å²) in [7, 11) is 0. The van der Waals surface area contributed by atoms with Crippen molar-refractivity contribution in [1.82, 2.24) is 0 Å². The van der Waals surface area contributed by atoms with Gasteiger partial charge in [0.2, 0.25) is 0 Å². The van der Waals surface area contributed by atoms with Gasteiger partial charge in [0.05, 0.1) is 0 Å². The predicted octanol–water partition coefficient (Wildman–Crippen LogP) is 3.84. The third-order valence-electron chi connectivity index (χ3n) is 1.53. The SMILES string of the molecule is FC(F)(F)Oc1ccccc1C=CCCl. The first kappa shape index (κ1) is 11.9. The maximum Gasteiger partial charge on any atom is 0.573 e. The van der Waals surface area contributed by atoms with E-state index in [9.17, 15) is 13.2 Å². The maximum atomic E-state index is 12.0. The highest BCUT2D eigenvalue weighted by Crippen LogP contribution is 2.26. The molecule has 5 heteroatoms. The monoisotopic (exact) mass is 236 g/mol. The number of allylic oxidation sites excluding steroid dienone is 1. The molecular weight excluding hydrogens is 229 g/mol. The highest BCUT2D eigenvalue weighted by atomic mass is 35.5. The first-order valence-corrected chi connectivity index (χ1v) is 4.63. The Bertz CT molecular complexity index is 347. The first-order chi connectivity index (χ1) is 7.03. The molecule has 0 amide bonds. The summed E-state index contributed by atoms with van der Waals surface area (Å²) in [5.74, 6) is 0.00624. The van der Waals surface area contributed by atoms with Crippen molar-refractivity contribution in [3.8, 4) is 5.75 Å². The van der Waals surface area contributed by atoms with E-state index in [4.69, 9.17) is 11.6 Å². The van der Waals surface area contributed by atoms with Crippen molar-refractivity contribution >= 4 is 17.7 Å². The fourth-order valence-corrected chi connectivity index (χ4v) is 1.10. The van der Waals surface area contributed by atoms with Crippen LogP contribution in [0.1, 0.15) is 5.56 Å². The zero-order valence-electron chi connectivity index (χ0n) is 7.59. The molecular formula is C10H8ClF3O. The quantitative estimate of drug-likeness (QED) is 0.725. The molecule has 1 rings (SSSR count). The molecule has 0 aliphatic carbocycles. The van der Waals surface area contributed by atoms with Gasteiger partial charge in [-0.2, -0.15) is 0 Å². The minimum atomic E-state index is -4.68. The molecule has 1 nitrogen and oxygen atoms in total. The summed E-state index contributed by atoms with van der Waals surface area (Å²) in [6, 6.07) is 5.86. The minimum Gasteiger partial charge on any atom is -0.405 e. The number of alkyl halides is 4. The number of rotatable bonds is 3. The standard InChI is InChI=1S/C10H8ClF3O/c11-7-3-5-8-4-1-2-6-9(8)15-10(12,13)14/h1-6H,7H2. The second-order valence-electron chi connectivity index (χ2n) is 2.64. The highest BCUT2D eigenvalue weighted by molar-refractivity contribution is 6.19. The molecule has 0 spiro atoms. The molecule has 82 valence electrons. The number of hydrogen-bond acceptors (Lipinski definition) is 1. The summed E-state index contributed by atoms with van der Waals surface area (Å²) in [4.78, 5) is 0. The lowest BCUT2D eigenvalue weighted by atomic mass is 10.2. The fourth-order valence-electron chi connectivity index (χ4n) is 1.01. The predicted molar refractivity (Wildman–Crippen MR) is 52.9 cm³/mol. The van der Waals surface area contributed by atoms with Gasteiger partial charge in [0.25, 0.3) is 0 Å². The number of hydrogen-bond donors (Lipinski definition) is 0. The van der Waals surface area contributed by atoms with Crippen LogP contribution in [0.2, 0.25) is 0 Å². The molecule has 0 fully saturated rings. The lowest BCUT2D eigenvalue weighted by molar-refractivity contribution is -0.274. The van der Waals surface area contributed by atoms with E-state index in [2.05, 4.69) is 4.74 Å². The highest BCUT2D eigenvalue weighted by Gasteiger charge is 2.31. The van der Waals surface area contributed by atoms with E-state index in [0.717, 1.165) is 0 Å². The third kappa shape index (κ3) is 4.25. The van der Waals surface area contributed by atoms with Crippen molar-refractivity contribution in [2.45, 2.75) is 6.36 Å². The van der Waals surface area contributed by atoms with E-state index in [-0.39, 0.29) is 11.6 Å². The van der Waals surface area contributed by atoms with Crippen molar-refractivity contribution in [3.63, 3.8) is 0 Å². The largest absolute Gasteiger partial charge is 0.573 e. The Labute approximate surface area is 90.1 Å². The zero-order valence-corrected chi connectivity index (χ0v) is 8.35. The molecule has 0 aromatic heterocycles. The number of benzene rings is 1.